The fourth-order valence-corrected chi connectivity index (χ4v) is 6.41. The van der Waals surface area contributed by atoms with Gasteiger partial charge in [-0.05, 0) is 35.9 Å². The van der Waals surface area contributed by atoms with Crippen molar-refractivity contribution < 1.29 is 8.83 Å². The summed E-state index contributed by atoms with van der Waals surface area (Å²) in [6.07, 6.45) is 1.90. The van der Waals surface area contributed by atoms with Crippen molar-refractivity contribution >= 4 is 57.1 Å². The molecule has 174 valence electrons. The van der Waals surface area contributed by atoms with Crippen LogP contribution < -0.4 is 5.19 Å². The first kappa shape index (κ1) is 21.2. The standard InChI is InChI=1S/C32H25NO2Si/c1-36(2,3)22-10-8-9-20(17-22)26-18-21(15-16-33-26)30-31-24-12-5-7-14-28(24)34-29(31)19-25-23-11-4-6-13-27(23)35-32(25)30/h4-19H,1-3H3. The molecule has 4 heteroatoms. The van der Waals surface area contributed by atoms with Gasteiger partial charge in [-0.25, -0.2) is 0 Å². The zero-order chi connectivity index (χ0) is 24.4. The summed E-state index contributed by atoms with van der Waals surface area (Å²) in [4.78, 5) is 4.77. The molecule has 0 bridgehead atoms. The molecule has 7 aromatic rings. The van der Waals surface area contributed by atoms with Gasteiger partial charge in [0.2, 0.25) is 0 Å². The number of nitrogens with zero attached hydrogens (tertiary/aromatic N) is 1. The van der Waals surface area contributed by atoms with Gasteiger partial charge in [0.15, 0.2) is 0 Å². The number of furan rings is 2. The number of rotatable bonds is 3. The van der Waals surface area contributed by atoms with Gasteiger partial charge in [-0.1, -0.05) is 85.5 Å². The van der Waals surface area contributed by atoms with Crippen LogP contribution in [-0.4, -0.2) is 13.1 Å². The Hall–Kier alpha value is -4.15. The van der Waals surface area contributed by atoms with Crippen LogP contribution in [0.1, 0.15) is 0 Å². The molecule has 0 saturated carbocycles. The molecular formula is C32H25NO2Si. The van der Waals surface area contributed by atoms with Gasteiger partial charge in [0, 0.05) is 38.9 Å². The monoisotopic (exact) mass is 483 g/mol. The molecule has 7 rings (SSSR count). The Morgan fingerprint density at radius 2 is 1.36 bits per heavy atom. The maximum atomic E-state index is 6.52. The predicted octanol–water partition coefficient (Wildman–Crippen LogP) is 8.76. The van der Waals surface area contributed by atoms with Crippen molar-refractivity contribution in [3.05, 3.63) is 97.2 Å². The number of benzene rings is 4. The normalized spacial score (nSPS) is 12.3. The minimum absolute atomic E-state index is 0.865. The summed E-state index contributed by atoms with van der Waals surface area (Å²) in [5.41, 5.74) is 7.72. The average Bonchev–Trinajstić information content (AvgIpc) is 3.45. The molecule has 3 aromatic heterocycles. The van der Waals surface area contributed by atoms with Gasteiger partial charge in [-0.2, -0.15) is 0 Å². The van der Waals surface area contributed by atoms with Gasteiger partial charge in [-0.3, -0.25) is 4.98 Å². The van der Waals surface area contributed by atoms with Crippen LogP contribution >= 0.6 is 0 Å². The van der Waals surface area contributed by atoms with E-state index >= 15 is 0 Å². The minimum atomic E-state index is -1.44. The molecule has 0 saturated heterocycles. The SMILES string of the molecule is C[Si](C)(C)c1cccc(-c2cc(-c3c4oc5ccccc5c4cc4oc5ccccc5c34)ccn2)c1. The van der Waals surface area contributed by atoms with Crippen molar-refractivity contribution in [2.24, 2.45) is 0 Å². The zero-order valence-corrected chi connectivity index (χ0v) is 21.5. The molecule has 0 amide bonds. The topological polar surface area (TPSA) is 39.2 Å². The molecule has 3 nitrogen and oxygen atoms in total. The van der Waals surface area contributed by atoms with E-state index in [1.54, 1.807) is 0 Å². The maximum absolute atomic E-state index is 6.52. The Kier molecular flexibility index (Phi) is 4.51. The zero-order valence-electron chi connectivity index (χ0n) is 20.5. The Bertz CT molecular complexity index is 1930. The smallest absolute Gasteiger partial charge is 0.144 e. The van der Waals surface area contributed by atoms with Gasteiger partial charge >= 0.3 is 0 Å². The van der Waals surface area contributed by atoms with E-state index in [-0.39, 0.29) is 0 Å². The van der Waals surface area contributed by atoms with Crippen molar-refractivity contribution in [3.63, 3.8) is 0 Å². The number of aromatic nitrogens is 1. The van der Waals surface area contributed by atoms with E-state index < -0.39 is 8.07 Å². The first-order valence-electron chi connectivity index (χ1n) is 12.3. The number of hydrogen-bond acceptors (Lipinski definition) is 3. The van der Waals surface area contributed by atoms with Crippen molar-refractivity contribution in [1.82, 2.24) is 4.98 Å². The van der Waals surface area contributed by atoms with Crippen LogP contribution in [0.15, 0.2) is 106 Å². The highest BCUT2D eigenvalue weighted by atomic mass is 28.3. The van der Waals surface area contributed by atoms with Crippen LogP contribution in [0.3, 0.4) is 0 Å². The highest BCUT2D eigenvalue weighted by Crippen LogP contribution is 2.45. The number of hydrogen-bond donors (Lipinski definition) is 0. The molecule has 0 N–H and O–H groups in total. The molecule has 0 atom stereocenters. The van der Waals surface area contributed by atoms with E-state index in [0.29, 0.717) is 0 Å². The third-order valence-electron chi connectivity index (χ3n) is 7.08. The van der Waals surface area contributed by atoms with Gasteiger partial charge < -0.3 is 8.83 Å². The molecule has 3 heterocycles. The lowest BCUT2D eigenvalue weighted by atomic mass is 9.96. The first-order valence-corrected chi connectivity index (χ1v) is 15.8. The predicted molar refractivity (Wildman–Crippen MR) is 153 cm³/mol. The number of fused-ring (bicyclic) bond motifs is 6. The molecule has 0 aliphatic carbocycles. The van der Waals surface area contributed by atoms with E-state index in [9.17, 15) is 0 Å². The second-order valence-corrected chi connectivity index (χ2v) is 15.5. The molecule has 0 radical (unpaired) electrons. The van der Waals surface area contributed by atoms with Gasteiger partial charge in [0.05, 0.1) is 13.8 Å². The second kappa shape index (κ2) is 7.67. The van der Waals surface area contributed by atoms with Crippen molar-refractivity contribution in [2.75, 3.05) is 0 Å². The number of pyridine rings is 1. The van der Waals surface area contributed by atoms with E-state index in [2.05, 4.69) is 86.4 Å². The Labute approximate surface area is 210 Å². The molecule has 0 aliphatic heterocycles. The van der Waals surface area contributed by atoms with Crippen LogP contribution in [0.2, 0.25) is 19.6 Å². The first-order chi connectivity index (χ1) is 17.5. The van der Waals surface area contributed by atoms with Crippen LogP contribution in [0.25, 0.3) is 66.3 Å². The van der Waals surface area contributed by atoms with Gasteiger partial charge in [-0.15, -0.1) is 0 Å². The Balaban J connectivity index is 1.56. The summed E-state index contributed by atoms with van der Waals surface area (Å²) in [5, 5.41) is 5.74. The average molecular weight is 484 g/mol. The Morgan fingerprint density at radius 1 is 0.611 bits per heavy atom. The molecule has 0 unspecified atom stereocenters. The molecule has 4 aromatic carbocycles. The summed E-state index contributed by atoms with van der Waals surface area (Å²) in [6.45, 7) is 7.12. The third kappa shape index (κ3) is 3.22. The maximum Gasteiger partial charge on any atom is 0.144 e. The lowest BCUT2D eigenvalue weighted by molar-refractivity contribution is 0.664. The van der Waals surface area contributed by atoms with Crippen LogP contribution in [0, 0.1) is 0 Å². The van der Waals surface area contributed by atoms with E-state index in [4.69, 9.17) is 13.8 Å². The lowest BCUT2D eigenvalue weighted by Crippen LogP contribution is -2.37. The highest BCUT2D eigenvalue weighted by molar-refractivity contribution is 6.88. The van der Waals surface area contributed by atoms with Crippen LogP contribution in [-0.2, 0) is 0 Å². The Morgan fingerprint density at radius 3 is 2.17 bits per heavy atom. The lowest BCUT2D eigenvalue weighted by Gasteiger charge is -2.17. The summed E-state index contributed by atoms with van der Waals surface area (Å²) in [7, 11) is -1.44. The van der Waals surface area contributed by atoms with E-state index in [1.807, 2.05) is 30.5 Å². The molecule has 0 aliphatic rings. The molecule has 0 spiro atoms. The van der Waals surface area contributed by atoms with Crippen LogP contribution in [0.4, 0.5) is 0 Å². The molecule has 0 fully saturated rings. The summed E-state index contributed by atoms with van der Waals surface area (Å²) in [5.74, 6) is 0. The minimum Gasteiger partial charge on any atom is -0.456 e. The summed E-state index contributed by atoms with van der Waals surface area (Å²) < 4.78 is 12.9. The largest absolute Gasteiger partial charge is 0.456 e. The highest BCUT2D eigenvalue weighted by Gasteiger charge is 2.22. The summed E-state index contributed by atoms with van der Waals surface area (Å²) >= 11 is 0. The van der Waals surface area contributed by atoms with E-state index in [0.717, 1.165) is 66.3 Å². The second-order valence-electron chi connectivity index (χ2n) is 10.5. The fourth-order valence-electron chi connectivity index (χ4n) is 5.23. The molecular weight excluding hydrogens is 458 g/mol. The van der Waals surface area contributed by atoms with Crippen LogP contribution in [0.5, 0.6) is 0 Å². The van der Waals surface area contributed by atoms with Crippen molar-refractivity contribution in [3.8, 4) is 22.4 Å². The third-order valence-corrected chi connectivity index (χ3v) is 9.13. The van der Waals surface area contributed by atoms with Gasteiger partial charge in [0.25, 0.3) is 0 Å². The van der Waals surface area contributed by atoms with Gasteiger partial charge in [0.1, 0.15) is 22.3 Å². The van der Waals surface area contributed by atoms with E-state index in [1.165, 1.54) is 5.19 Å². The number of para-hydroxylation sites is 2. The fraction of sp³-hybridized carbons (Fsp3) is 0.0938. The quantitative estimate of drug-likeness (QED) is 0.236. The van der Waals surface area contributed by atoms with Crippen molar-refractivity contribution in [1.29, 1.82) is 0 Å². The van der Waals surface area contributed by atoms with Crippen molar-refractivity contribution in [2.45, 2.75) is 19.6 Å². The summed E-state index contributed by atoms with van der Waals surface area (Å²) in [6, 6.07) is 31.7. The molecule has 36 heavy (non-hydrogen) atoms.